The second-order valence-corrected chi connectivity index (χ2v) is 2.01. The lowest BCUT2D eigenvalue weighted by molar-refractivity contribution is -0.247. The molecule has 1 unspecified atom stereocenters. The van der Waals surface area contributed by atoms with Gasteiger partial charge < -0.3 is 4.74 Å². The van der Waals surface area contributed by atoms with Crippen molar-refractivity contribution in [2.75, 3.05) is 7.11 Å². The standard InChI is InChI=1S/C5H9F3O/c1-4(6,7)5(2,8)9-3/h1-3H3. The van der Waals surface area contributed by atoms with Crippen LogP contribution < -0.4 is 0 Å². The van der Waals surface area contributed by atoms with Crippen LogP contribution in [0, 0.1) is 0 Å². The largest absolute Gasteiger partial charge is 0.345 e. The van der Waals surface area contributed by atoms with Crippen LogP contribution in [0.2, 0.25) is 0 Å². The van der Waals surface area contributed by atoms with Crippen molar-refractivity contribution in [3.8, 4) is 0 Å². The summed E-state index contributed by atoms with van der Waals surface area (Å²) in [6.45, 7) is 1.16. The molecule has 0 aromatic carbocycles. The summed E-state index contributed by atoms with van der Waals surface area (Å²) in [6, 6.07) is 0. The van der Waals surface area contributed by atoms with Crippen molar-refractivity contribution in [3.63, 3.8) is 0 Å². The third kappa shape index (κ3) is 1.86. The Morgan fingerprint density at radius 1 is 1.11 bits per heavy atom. The van der Waals surface area contributed by atoms with Gasteiger partial charge in [-0.05, 0) is 0 Å². The maximum atomic E-state index is 12.4. The highest BCUT2D eigenvalue weighted by molar-refractivity contribution is 4.75. The Labute approximate surface area is 51.8 Å². The fraction of sp³-hybridized carbons (Fsp3) is 1.00. The molecule has 0 aromatic heterocycles. The van der Waals surface area contributed by atoms with Crippen molar-refractivity contribution < 1.29 is 17.9 Å². The van der Waals surface area contributed by atoms with Gasteiger partial charge in [0.15, 0.2) is 0 Å². The Bertz CT molecular complexity index is 94.9. The third-order valence-electron chi connectivity index (χ3n) is 1.17. The Hall–Kier alpha value is -0.250. The number of rotatable bonds is 2. The first-order valence-electron chi connectivity index (χ1n) is 2.43. The average molecular weight is 142 g/mol. The van der Waals surface area contributed by atoms with E-state index < -0.39 is 11.8 Å². The molecule has 0 aromatic rings. The van der Waals surface area contributed by atoms with Gasteiger partial charge in [-0.2, -0.15) is 0 Å². The monoisotopic (exact) mass is 142 g/mol. The lowest BCUT2D eigenvalue weighted by atomic mass is 10.2. The van der Waals surface area contributed by atoms with Gasteiger partial charge in [0, 0.05) is 21.0 Å². The summed E-state index contributed by atoms with van der Waals surface area (Å²) in [5.41, 5.74) is 0. The van der Waals surface area contributed by atoms with Crippen LogP contribution >= 0.6 is 0 Å². The van der Waals surface area contributed by atoms with Gasteiger partial charge in [0.05, 0.1) is 0 Å². The van der Waals surface area contributed by atoms with Crippen molar-refractivity contribution in [3.05, 3.63) is 0 Å². The van der Waals surface area contributed by atoms with Crippen molar-refractivity contribution in [2.45, 2.75) is 25.6 Å². The first-order chi connectivity index (χ1) is 3.81. The normalized spacial score (nSPS) is 19.3. The molecule has 9 heavy (non-hydrogen) atoms. The van der Waals surface area contributed by atoms with Gasteiger partial charge in [-0.15, -0.1) is 0 Å². The number of methoxy groups -OCH3 is 1. The van der Waals surface area contributed by atoms with Crippen LogP contribution in [-0.4, -0.2) is 18.9 Å². The van der Waals surface area contributed by atoms with Crippen LogP contribution in [0.1, 0.15) is 13.8 Å². The number of hydrogen-bond acceptors (Lipinski definition) is 1. The molecule has 0 aliphatic rings. The molecule has 4 heteroatoms. The minimum atomic E-state index is -3.44. The topological polar surface area (TPSA) is 9.23 Å². The Morgan fingerprint density at radius 3 is 1.44 bits per heavy atom. The second-order valence-electron chi connectivity index (χ2n) is 2.01. The zero-order chi connectivity index (χ0) is 7.71. The predicted molar refractivity (Wildman–Crippen MR) is 27.1 cm³/mol. The van der Waals surface area contributed by atoms with Crippen LogP contribution in [0.4, 0.5) is 13.2 Å². The maximum absolute atomic E-state index is 12.4. The molecule has 0 heterocycles. The number of hydrogen-bond donors (Lipinski definition) is 0. The molecule has 0 amide bonds. The summed E-state index contributed by atoms with van der Waals surface area (Å²) in [5.74, 6) is -6.30. The molecule has 1 nitrogen and oxygen atoms in total. The molecule has 0 radical (unpaired) electrons. The molecule has 0 N–H and O–H groups in total. The molecule has 0 saturated carbocycles. The summed E-state index contributed by atoms with van der Waals surface area (Å²) in [4.78, 5) is 0. The Kier molecular flexibility index (Phi) is 2.11. The van der Waals surface area contributed by atoms with E-state index in [1.165, 1.54) is 0 Å². The highest BCUT2D eigenvalue weighted by Gasteiger charge is 2.47. The van der Waals surface area contributed by atoms with E-state index in [2.05, 4.69) is 4.74 Å². The molecule has 56 valence electrons. The summed E-state index contributed by atoms with van der Waals surface area (Å²) in [6.07, 6.45) is 0. The van der Waals surface area contributed by atoms with Gasteiger partial charge in [-0.25, -0.2) is 13.2 Å². The van der Waals surface area contributed by atoms with Gasteiger partial charge in [-0.3, -0.25) is 0 Å². The maximum Gasteiger partial charge on any atom is 0.302 e. The molecule has 0 saturated heterocycles. The first kappa shape index (κ1) is 8.75. The van der Waals surface area contributed by atoms with E-state index >= 15 is 0 Å². The summed E-state index contributed by atoms with van der Waals surface area (Å²) < 4.78 is 40.2. The molecule has 0 aliphatic carbocycles. The van der Waals surface area contributed by atoms with Crippen LogP contribution in [0.5, 0.6) is 0 Å². The van der Waals surface area contributed by atoms with E-state index in [1.54, 1.807) is 0 Å². The van der Waals surface area contributed by atoms with Crippen LogP contribution in [0.25, 0.3) is 0 Å². The third-order valence-corrected chi connectivity index (χ3v) is 1.17. The van der Waals surface area contributed by atoms with Gasteiger partial charge in [0.1, 0.15) is 0 Å². The van der Waals surface area contributed by atoms with E-state index in [0.29, 0.717) is 13.8 Å². The molecule has 0 fully saturated rings. The Balaban J connectivity index is 4.14. The fourth-order valence-electron chi connectivity index (χ4n) is 0.179. The van der Waals surface area contributed by atoms with Gasteiger partial charge >= 0.3 is 5.92 Å². The SMILES string of the molecule is COC(C)(F)C(C)(F)F. The molecule has 1 atom stereocenters. The lowest BCUT2D eigenvalue weighted by Crippen LogP contribution is -2.40. The summed E-state index contributed by atoms with van der Waals surface area (Å²) >= 11 is 0. The zero-order valence-corrected chi connectivity index (χ0v) is 5.54. The summed E-state index contributed by atoms with van der Waals surface area (Å²) in [7, 11) is 0.900. The molecule has 0 aliphatic heterocycles. The fourth-order valence-corrected chi connectivity index (χ4v) is 0.179. The summed E-state index contributed by atoms with van der Waals surface area (Å²) in [5, 5.41) is 0. The Morgan fingerprint density at radius 2 is 1.44 bits per heavy atom. The predicted octanol–water partition coefficient (Wildman–Crippen LogP) is 1.97. The van der Waals surface area contributed by atoms with E-state index in [4.69, 9.17) is 0 Å². The minimum Gasteiger partial charge on any atom is -0.345 e. The molecular formula is C5H9F3O. The van der Waals surface area contributed by atoms with Gasteiger partial charge in [0.25, 0.3) is 5.85 Å². The number of alkyl halides is 3. The van der Waals surface area contributed by atoms with E-state index in [-0.39, 0.29) is 0 Å². The van der Waals surface area contributed by atoms with E-state index in [9.17, 15) is 13.2 Å². The molecular weight excluding hydrogens is 133 g/mol. The van der Waals surface area contributed by atoms with E-state index in [0.717, 1.165) is 7.11 Å². The molecule has 0 rings (SSSR count). The quantitative estimate of drug-likeness (QED) is 0.572. The minimum absolute atomic E-state index is 0.469. The molecule has 0 spiro atoms. The van der Waals surface area contributed by atoms with Crippen LogP contribution in [-0.2, 0) is 4.74 Å². The van der Waals surface area contributed by atoms with Crippen LogP contribution in [0.3, 0.4) is 0 Å². The molecule has 0 bridgehead atoms. The average Bonchev–Trinajstić information content (AvgIpc) is 1.64. The number of ether oxygens (including phenoxy) is 1. The second kappa shape index (κ2) is 2.17. The van der Waals surface area contributed by atoms with Gasteiger partial charge in [-0.1, -0.05) is 0 Å². The van der Waals surface area contributed by atoms with Crippen LogP contribution in [0.15, 0.2) is 0 Å². The first-order valence-corrected chi connectivity index (χ1v) is 2.43. The highest BCUT2D eigenvalue weighted by Crippen LogP contribution is 2.31. The highest BCUT2D eigenvalue weighted by atomic mass is 19.3. The van der Waals surface area contributed by atoms with E-state index in [1.807, 2.05) is 0 Å². The lowest BCUT2D eigenvalue weighted by Gasteiger charge is -2.24. The van der Waals surface area contributed by atoms with Crippen molar-refractivity contribution in [1.29, 1.82) is 0 Å². The van der Waals surface area contributed by atoms with Crippen molar-refractivity contribution >= 4 is 0 Å². The smallest absolute Gasteiger partial charge is 0.302 e. The van der Waals surface area contributed by atoms with Crippen molar-refractivity contribution in [1.82, 2.24) is 0 Å². The van der Waals surface area contributed by atoms with Gasteiger partial charge in [0.2, 0.25) is 0 Å². The zero-order valence-electron chi connectivity index (χ0n) is 5.54. The number of halogens is 3. The van der Waals surface area contributed by atoms with Crippen molar-refractivity contribution in [2.24, 2.45) is 0 Å².